The highest BCUT2D eigenvalue weighted by molar-refractivity contribution is 7.93. The summed E-state index contributed by atoms with van der Waals surface area (Å²) < 4.78 is 68.6. The highest BCUT2D eigenvalue weighted by Crippen LogP contribution is 2.33. The molecular weight excluding hydrogens is 551 g/mol. The molecule has 212 valence electrons. The number of piperidine rings is 1. The van der Waals surface area contributed by atoms with Crippen molar-refractivity contribution in [3.63, 3.8) is 0 Å². The van der Waals surface area contributed by atoms with Gasteiger partial charge in [-0.2, -0.15) is 13.8 Å². The number of ether oxygens (including phenoxy) is 2. The molecule has 1 amide bonds. The number of nitrogens with zero attached hydrogens (tertiary/aromatic N) is 5. The summed E-state index contributed by atoms with van der Waals surface area (Å²) in [6, 6.07) is 3.97. The first-order valence-corrected chi connectivity index (χ1v) is 16.1. The molecule has 3 aromatic rings. The van der Waals surface area contributed by atoms with Crippen molar-refractivity contribution in [2.45, 2.75) is 25.9 Å². The summed E-state index contributed by atoms with van der Waals surface area (Å²) in [5.41, 5.74) is 1.58. The molecule has 1 aliphatic rings. The standard InChI is InChI=1S/C24H31FN6O6S2/c1-16-19(24(32)29-38(3,33)11-10-36-2)14-31-22(16)23(26-15-27-31)28-20-8-7-17(25)12-21(20)37-18-6-5-9-30(13-18)39(4,34)35/h7-8,12,14-15,18H,5-6,9-11,13H2,1-4H3,(H,26,27,28)/t18-,38?/m1/s1. The van der Waals surface area contributed by atoms with Crippen molar-refractivity contribution in [2.24, 2.45) is 4.36 Å². The highest BCUT2D eigenvalue weighted by atomic mass is 32.2. The second-order valence-corrected chi connectivity index (χ2v) is 13.9. The third-order valence-corrected chi connectivity index (χ3v) is 9.05. The first-order valence-electron chi connectivity index (χ1n) is 12.1. The van der Waals surface area contributed by atoms with E-state index in [9.17, 15) is 21.8 Å². The number of anilines is 2. The van der Waals surface area contributed by atoms with Crippen LogP contribution in [0.25, 0.3) is 5.52 Å². The molecule has 2 aromatic heterocycles. The number of hydrogen-bond donors (Lipinski definition) is 1. The lowest BCUT2D eigenvalue weighted by Gasteiger charge is -2.31. The van der Waals surface area contributed by atoms with Crippen LogP contribution in [0.2, 0.25) is 0 Å². The largest absolute Gasteiger partial charge is 0.487 e. The van der Waals surface area contributed by atoms with Crippen LogP contribution in [0.5, 0.6) is 5.75 Å². The fourth-order valence-corrected chi connectivity index (χ4v) is 6.20. The van der Waals surface area contributed by atoms with Crippen molar-refractivity contribution < 1.29 is 31.3 Å². The maximum absolute atomic E-state index is 14.2. The van der Waals surface area contributed by atoms with Crippen molar-refractivity contribution in [1.82, 2.24) is 18.9 Å². The van der Waals surface area contributed by atoms with Gasteiger partial charge in [-0.3, -0.25) is 4.79 Å². The Bertz CT molecular complexity index is 1620. The van der Waals surface area contributed by atoms with Gasteiger partial charge in [-0.1, -0.05) is 0 Å². The zero-order valence-electron chi connectivity index (χ0n) is 22.1. The monoisotopic (exact) mass is 582 g/mol. The summed E-state index contributed by atoms with van der Waals surface area (Å²) in [5, 5.41) is 7.31. The van der Waals surface area contributed by atoms with Crippen LogP contribution in [-0.2, 0) is 24.5 Å². The maximum atomic E-state index is 14.2. The lowest BCUT2D eigenvalue weighted by atomic mass is 10.1. The zero-order chi connectivity index (χ0) is 28.4. The molecular formula is C24H31FN6O6S2. The van der Waals surface area contributed by atoms with Gasteiger partial charge in [0, 0.05) is 32.2 Å². The predicted octanol–water partition coefficient (Wildman–Crippen LogP) is 2.61. The number of carbonyl (C=O) groups excluding carboxylic acids is 1. The molecule has 15 heteroatoms. The van der Waals surface area contributed by atoms with E-state index in [4.69, 9.17) is 9.47 Å². The van der Waals surface area contributed by atoms with E-state index in [1.165, 1.54) is 52.9 Å². The van der Waals surface area contributed by atoms with Crippen LogP contribution < -0.4 is 10.1 Å². The van der Waals surface area contributed by atoms with Gasteiger partial charge in [0.25, 0.3) is 5.91 Å². The number of amides is 1. The van der Waals surface area contributed by atoms with Crippen LogP contribution in [0.15, 0.2) is 35.1 Å². The highest BCUT2D eigenvalue weighted by Gasteiger charge is 2.28. The molecule has 2 atom stereocenters. The van der Waals surface area contributed by atoms with Gasteiger partial charge in [-0.25, -0.2) is 26.5 Å². The first-order chi connectivity index (χ1) is 18.4. The number of hydrogen-bond acceptors (Lipinski definition) is 9. The quantitative estimate of drug-likeness (QED) is 0.402. The van der Waals surface area contributed by atoms with E-state index in [0.29, 0.717) is 42.0 Å². The van der Waals surface area contributed by atoms with Gasteiger partial charge in [-0.05, 0) is 37.5 Å². The number of aryl methyl sites for hydroxylation is 1. The number of carbonyl (C=O) groups is 1. The van der Waals surface area contributed by atoms with Crippen LogP contribution >= 0.6 is 0 Å². The normalized spacial score (nSPS) is 18.0. The molecule has 1 saturated heterocycles. The van der Waals surface area contributed by atoms with Crippen LogP contribution in [0, 0.1) is 12.7 Å². The van der Waals surface area contributed by atoms with Crippen molar-refractivity contribution >= 4 is 42.7 Å². The number of sulfonamides is 1. The van der Waals surface area contributed by atoms with E-state index in [1.807, 2.05) is 0 Å². The summed E-state index contributed by atoms with van der Waals surface area (Å²) in [6.07, 6.45) is 6.08. The molecule has 1 N–H and O–H groups in total. The Kier molecular flexibility index (Phi) is 8.54. The van der Waals surface area contributed by atoms with Crippen molar-refractivity contribution in [1.29, 1.82) is 0 Å². The summed E-state index contributed by atoms with van der Waals surface area (Å²) in [6.45, 7) is 2.47. The Hall–Kier alpha value is -3.14. The van der Waals surface area contributed by atoms with Gasteiger partial charge in [0.15, 0.2) is 5.82 Å². The molecule has 39 heavy (non-hydrogen) atoms. The summed E-state index contributed by atoms with van der Waals surface area (Å²) in [5.74, 6) is -0.553. The van der Waals surface area contributed by atoms with E-state index in [0.717, 1.165) is 6.26 Å². The van der Waals surface area contributed by atoms with Crippen LogP contribution in [-0.4, -0.2) is 88.6 Å². The van der Waals surface area contributed by atoms with Crippen molar-refractivity contribution in [3.05, 3.63) is 47.7 Å². The summed E-state index contributed by atoms with van der Waals surface area (Å²) in [4.78, 5) is 17.2. The molecule has 12 nitrogen and oxygen atoms in total. The Morgan fingerprint density at radius 1 is 1.28 bits per heavy atom. The van der Waals surface area contributed by atoms with Gasteiger partial charge in [0.05, 0.1) is 46.1 Å². The number of halogens is 1. The molecule has 3 heterocycles. The molecule has 0 aliphatic carbocycles. The zero-order valence-corrected chi connectivity index (χ0v) is 23.7. The molecule has 0 bridgehead atoms. The molecule has 0 saturated carbocycles. The fourth-order valence-electron chi connectivity index (χ4n) is 4.28. The predicted molar refractivity (Wildman–Crippen MR) is 145 cm³/mol. The second-order valence-electron chi connectivity index (χ2n) is 9.39. The first kappa shape index (κ1) is 28.9. The molecule has 1 aliphatic heterocycles. The Morgan fingerprint density at radius 2 is 2.05 bits per heavy atom. The van der Waals surface area contributed by atoms with Gasteiger partial charge in [-0.15, -0.1) is 0 Å². The van der Waals surface area contributed by atoms with E-state index in [-0.39, 0.29) is 30.2 Å². The summed E-state index contributed by atoms with van der Waals surface area (Å²) in [7, 11) is -4.70. The average Bonchev–Trinajstić information content (AvgIpc) is 3.21. The minimum Gasteiger partial charge on any atom is -0.487 e. The van der Waals surface area contributed by atoms with Crippen LogP contribution in [0.4, 0.5) is 15.9 Å². The van der Waals surface area contributed by atoms with E-state index in [1.54, 1.807) is 6.92 Å². The van der Waals surface area contributed by atoms with Crippen molar-refractivity contribution in [3.8, 4) is 5.75 Å². The minimum atomic E-state index is -3.38. The third-order valence-electron chi connectivity index (χ3n) is 6.30. The minimum absolute atomic E-state index is 0.116. The SMILES string of the molecule is COCCS(C)(=O)=NC(=O)c1cn2ncnc(Nc3ccc(F)cc3O[C@@H]3CCCN(S(C)(=O)=O)C3)c2c1C. The number of benzene rings is 1. The topological polar surface area (TPSA) is 145 Å². The van der Waals surface area contributed by atoms with Gasteiger partial charge in [0.2, 0.25) is 10.0 Å². The number of nitrogens with one attached hydrogen (secondary N) is 1. The summed E-state index contributed by atoms with van der Waals surface area (Å²) >= 11 is 0. The fraction of sp³-hybridized carbons (Fsp3) is 0.458. The molecule has 1 unspecified atom stereocenters. The molecule has 0 spiro atoms. The maximum Gasteiger partial charge on any atom is 0.286 e. The molecule has 1 aromatic carbocycles. The molecule has 4 rings (SSSR count). The second kappa shape index (κ2) is 11.5. The Balaban J connectivity index is 1.65. The third kappa shape index (κ3) is 6.90. The van der Waals surface area contributed by atoms with Crippen LogP contribution in [0.3, 0.4) is 0 Å². The van der Waals surface area contributed by atoms with Gasteiger partial charge < -0.3 is 14.8 Å². The average molecular weight is 583 g/mol. The van der Waals surface area contributed by atoms with Crippen LogP contribution in [0.1, 0.15) is 28.8 Å². The van der Waals surface area contributed by atoms with Gasteiger partial charge in [0.1, 0.15) is 29.5 Å². The molecule has 0 radical (unpaired) electrons. The molecule has 1 fully saturated rings. The van der Waals surface area contributed by atoms with E-state index in [2.05, 4.69) is 19.8 Å². The number of rotatable bonds is 9. The Morgan fingerprint density at radius 3 is 2.77 bits per heavy atom. The number of methoxy groups -OCH3 is 1. The number of aromatic nitrogens is 3. The number of fused-ring (bicyclic) bond motifs is 1. The van der Waals surface area contributed by atoms with Gasteiger partial charge >= 0.3 is 0 Å². The lowest BCUT2D eigenvalue weighted by Crippen LogP contribution is -2.43. The Labute approximate surface area is 226 Å². The lowest BCUT2D eigenvalue weighted by molar-refractivity contribution is 0.100. The van der Waals surface area contributed by atoms with E-state index >= 15 is 0 Å². The van der Waals surface area contributed by atoms with E-state index < -0.39 is 37.6 Å². The smallest absolute Gasteiger partial charge is 0.286 e. The van der Waals surface area contributed by atoms with Crippen molar-refractivity contribution in [2.75, 3.05) is 50.4 Å².